The SMILES string of the molecule is Cc1cnc(CC(O)S(N)(=O)=O)nc1. The highest BCUT2D eigenvalue weighted by Gasteiger charge is 2.19. The largest absolute Gasteiger partial charge is 0.375 e. The second-order valence-corrected chi connectivity index (χ2v) is 4.65. The van der Waals surface area contributed by atoms with E-state index in [1.54, 1.807) is 6.92 Å². The van der Waals surface area contributed by atoms with Gasteiger partial charge in [-0.2, -0.15) is 0 Å². The molecule has 6 nitrogen and oxygen atoms in total. The molecule has 0 saturated heterocycles. The second kappa shape index (κ2) is 3.99. The highest BCUT2D eigenvalue weighted by Crippen LogP contribution is 2.01. The molecule has 1 unspecified atom stereocenters. The van der Waals surface area contributed by atoms with Gasteiger partial charge >= 0.3 is 0 Å². The van der Waals surface area contributed by atoms with Crippen LogP contribution in [-0.2, 0) is 16.4 Å². The number of aliphatic hydroxyl groups excluding tert-OH is 1. The Balaban J connectivity index is 2.75. The van der Waals surface area contributed by atoms with Crippen molar-refractivity contribution < 1.29 is 13.5 Å². The summed E-state index contributed by atoms with van der Waals surface area (Å²) in [6, 6.07) is 0. The lowest BCUT2D eigenvalue weighted by Crippen LogP contribution is -2.30. The molecule has 78 valence electrons. The highest BCUT2D eigenvalue weighted by molar-refractivity contribution is 7.89. The lowest BCUT2D eigenvalue weighted by Gasteiger charge is -2.06. The van der Waals surface area contributed by atoms with Gasteiger partial charge in [0.2, 0.25) is 10.0 Å². The monoisotopic (exact) mass is 217 g/mol. The number of hydrogen-bond acceptors (Lipinski definition) is 5. The lowest BCUT2D eigenvalue weighted by atomic mass is 10.3. The molecule has 0 fully saturated rings. The fourth-order valence-corrected chi connectivity index (χ4v) is 1.18. The Labute approximate surface area is 81.9 Å². The molecule has 1 atom stereocenters. The van der Waals surface area contributed by atoms with Gasteiger partial charge in [0.05, 0.1) is 0 Å². The number of nitrogens with two attached hydrogens (primary N) is 1. The van der Waals surface area contributed by atoms with E-state index in [2.05, 4.69) is 9.97 Å². The lowest BCUT2D eigenvalue weighted by molar-refractivity contribution is 0.246. The minimum absolute atomic E-state index is 0.195. The van der Waals surface area contributed by atoms with Crippen molar-refractivity contribution in [3.05, 3.63) is 23.8 Å². The molecule has 0 spiro atoms. The van der Waals surface area contributed by atoms with Gasteiger partial charge in [-0.15, -0.1) is 0 Å². The first kappa shape index (κ1) is 11.0. The Hall–Kier alpha value is -1.05. The van der Waals surface area contributed by atoms with E-state index in [9.17, 15) is 8.42 Å². The number of rotatable bonds is 3. The van der Waals surface area contributed by atoms with Crippen LogP contribution in [0.2, 0.25) is 0 Å². The third kappa shape index (κ3) is 3.02. The molecule has 0 amide bonds. The van der Waals surface area contributed by atoms with Crippen molar-refractivity contribution in [2.75, 3.05) is 0 Å². The molecule has 0 radical (unpaired) electrons. The van der Waals surface area contributed by atoms with Crippen LogP contribution in [0, 0.1) is 6.92 Å². The first-order valence-corrected chi connectivity index (χ1v) is 5.48. The molecular weight excluding hydrogens is 206 g/mol. The molecule has 3 N–H and O–H groups in total. The van der Waals surface area contributed by atoms with Gasteiger partial charge in [0.25, 0.3) is 0 Å². The Morgan fingerprint density at radius 1 is 1.50 bits per heavy atom. The molecule has 14 heavy (non-hydrogen) atoms. The Morgan fingerprint density at radius 2 is 2.00 bits per heavy atom. The van der Waals surface area contributed by atoms with Gasteiger partial charge in [0, 0.05) is 18.8 Å². The third-order valence-corrected chi connectivity index (χ3v) is 2.50. The van der Waals surface area contributed by atoms with Crippen LogP contribution in [0.15, 0.2) is 12.4 Å². The number of aryl methyl sites for hydroxylation is 1. The summed E-state index contributed by atoms with van der Waals surface area (Å²) in [6.07, 6.45) is 2.88. The van der Waals surface area contributed by atoms with Crippen molar-refractivity contribution in [2.45, 2.75) is 18.8 Å². The van der Waals surface area contributed by atoms with Crippen LogP contribution in [0.4, 0.5) is 0 Å². The molecule has 0 bridgehead atoms. The zero-order valence-corrected chi connectivity index (χ0v) is 8.40. The zero-order valence-electron chi connectivity index (χ0n) is 7.58. The van der Waals surface area contributed by atoms with E-state index in [0.29, 0.717) is 0 Å². The third-order valence-electron chi connectivity index (χ3n) is 1.57. The van der Waals surface area contributed by atoms with E-state index in [1.807, 2.05) is 0 Å². The maximum Gasteiger partial charge on any atom is 0.236 e. The molecule has 1 aromatic rings. The molecule has 1 heterocycles. The van der Waals surface area contributed by atoms with Gasteiger partial charge in [-0.25, -0.2) is 23.5 Å². The molecule has 1 rings (SSSR count). The normalized spacial score (nSPS) is 13.9. The Kier molecular flexibility index (Phi) is 3.14. The standard InChI is InChI=1S/C7H11N3O3S/c1-5-3-9-6(10-4-5)2-7(11)14(8,12)13/h3-4,7,11H,2H2,1H3,(H2,8,12,13). The minimum Gasteiger partial charge on any atom is -0.375 e. The smallest absolute Gasteiger partial charge is 0.236 e. The number of primary sulfonamides is 1. The van der Waals surface area contributed by atoms with Crippen molar-refractivity contribution in [2.24, 2.45) is 5.14 Å². The average Bonchev–Trinajstić information content (AvgIpc) is 2.07. The maximum atomic E-state index is 10.7. The predicted molar refractivity (Wildman–Crippen MR) is 49.6 cm³/mol. The van der Waals surface area contributed by atoms with E-state index >= 15 is 0 Å². The molecule has 0 aliphatic heterocycles. The zero-order chi connectivity index (χ0) is 10.8. The number of hydrogen-bond donors (Lipinski definition) is 2. The minimum atomic E-state index is -3.94. The molecule has 1 aromatic heterocycles. The van der Waals surface area contributed by atoms with Gasteiger partial charge in [-0.3, -0.25) is 0 Å². The van der Waals surface area contributed by atoms with Crippen LogP contribution < -0.4 is 5.14 Å². The van der Waals surface area contributed by atoms with Crippen LogP contribution in [0.3, 0.4) is 0 Å². The summed E-state index contributed by atoms with van der Waals surface area (Å²) in [5.41, 5.74) is -0.788. The topological polar surface area (TPSA) is 106 Å². The fourth-order valence-electron chi connectivity index (χ4n) is 0.797. The van der Waals surface area contributed by atoms with E-state index in [4.69, 9.17) is 10.2 Å². The summed E-state index contributed by atoms with van der Waals surface area (Å²) in [5, 5.41) is 13.8. The fraction of sp³-hybridized carbons (Fsp3) is 0.429. The first-order valence-electron chi connectivity index (χ1n) is 3.87. The summed E-state index contributed by atoms with van der Waals surface area (Å²) in [5.74, 6) is 0.247. The van der Waals surface area contributed by atoms with E-state index < -0.39 is 15.5 Å². The summed E-state index contributed by atoms with van der Waals surface area (Å²) in [6.45, 7) is 1.81. The van der Waals surface area contributed by atoms with Crippen LogP contribution in [0.1, 0.15) is 11.4 Å². The maximum absolute atomic E-state index is 10.7. The molecule has 0 aliphatic carbocycles. The second-order valence-electron chi connectivity index (χ2n) is 2.92. The van der Waals surface area contributed by atoms with Crippen LogP contribution in [0.25, 0.3) is 0 Å². The van der Waals surface area contributed by atoms with Crippen LogP contribution >= 0.6 is 0 Å². The van der Waals surface area contributed by atoms with Crippen molar-refractivity contribution in [1.29, 1.82) is 0 Å². The average molecular weight is 217 g/mol. The number of nitrogens with zero attached hydrogens (tertiary/aromatic N) is 2. The summed E-state index contributed by atoms with van der Waals surface area (Å²) in [4.78, 5) is 7.68. The Bertz CT molecular complexity index is 401. The van der Waals surface area contributed by atoms with E-state index in [-0.39, 0.29) is 12.2 Å². The molecule has 0 aliphatic rings. The van der Waals surface area contributed by atoms with Crippen molar-refractivity contribution in [3.63, 3.8) is 0 Å². The molecule has 0 aromatic carbocycles. The van der Waals surface area contributed by atoms with Crippen LogP contribution in [0.5, 0.6) is 0 Å². The summed E-state index contributed by atoms with van der Waals surface area (Å²) >= 11 is 0. The highest BCUT2D eigenvalue weighted by atomic mass is 32.2. The van der Waals surface area contributed by atoms with Gasteiger partial charge in [-0.1, -0.05) is 0 Å². The van der Waals surface area contributed by atoms with Crippen molar-refractivity contribution in [1.82, 2.24) is 9.97 Å². The Morgan fingerprint density at radius 3 is 2.43 bits per heavy atom. The van der Waals surface area contributed by atoms with Gasteiger partial charge in [0.1, 0.15) is 5.82 Å². The molecule has 0 saturated carbocycles. The van der Waals surface area contributed by atoms with Crippen LogP contribution in [-0.4, -0.2) is 28.9 Å². The number of aromatic nitrogens is 2. The van der Waals surface area contributed by atoms with Crippen molar-refractivity contribution >= 4 is 10.0 Å². The summed E-state index contributed by atoms with van der Waals surface area (Å²) < 4.78 is 21.3. The predicted octanol–water partition coefficient (Wildman–Crippen LogP) is -1.07. The number of aliphatic hydroxyl groups is 1. The number of sulfonamides is 1. The van der Waals surface area contributed by atoms with Gasteiger partial charge in [-0.05, 0) is 12.5 Å². The quantitative estimate of drug-likeness (QED) is 0.670. The van der Waals surface area contributed by atoms with E-state index in [1.165, 1.54) is 12.4 Å². The molecular formula is C7H11N3O3S. The van der Waals surface area contributed by atoms with Gasteiger partial charge < -0.3 is 5.11 Å². The van der Waals surface area contributed by atoms with E-state index in [0.717, 1.165) is 5.56 Å². The first-order chi connectivity index (χ1) is 6.39. The van der Waals surface area contributed by atoms with Gasteiger partial charge in [0.15, 0.2) is 5.44 Å². The van der Waals surface area contributed by atoms with Crippen molar-refractivity contribution in [3.8, 4) is 0 Å². The molecule has 7 heteroatoms. The summed E-state index contributed by atoms with van der Waals surface area (Å²) in [7, 11) is -3.94.